The zero-order valence-electron chi connectivity index (χ0n) is 21.7. The number of carbonyl (C=O) groups excluding carboxylic acids is 3. The number of hydrogen-bond acceptors (Lipinski definition) is 3. The molecule has 0 spiro atoms. The Bertz CT molecular complexity index is 998. The quantitative estimate of drug-likeness (QED) is 0.428. The van der Waals surface area contributed by atoms with Crippen molar-refractivity contribution in [3.8, 4) is 0 Å². The lowest BCUT2D eigenvalue weighted by Gasteiger charge is -2.68. The van der Waals surface area contributed by atoms with Gasteiger partial charge >= 0.3 is 0 Å². The van der Waals surface area contributed by atoms with E-state index in [0.717, 1.165) is 44.9 Å². The zero-order chi connectivity index (χ0) is 24.2. The molecule has 7 atom stereocenters. The van der Waals surface area contributed by atoms with E-state index in [1.54, 1.807) is 6.08 Å². The summed E-state index contributed by atoms with van der Waals surface area (Å²) in [6, 6.07) is 0. The van der Waals surface area contributed by atoms with Crippen molar-refractivity contribution in [3.05, 3.63) is 23.8 Å². The molecular formula is C30H42O3. The SMILES string of the molecule is CC1(C)CC[C@]2(C=O)CC[C@]3(C)C(=CC(=O)[C@@H]4[C@@]5(C)C=CC(=O)C(C)(C)[C@@H]5CC[C@]43C)C2C1. The Morgan fingerprint density at radius 1 is 0.909 bits per heavy atom. The van der Waals surface area contributed by atoms with E-state index >= 15 is 0 Å². The average Bonchev–Trinajstić information content (AvgIpc) is 2.72. The summed E-state index contributed by atoms with van der Waals surface area (Å²) >= 11 is 0. The standard InChI is InChI=1S/C30H42O3/c1-25(2)12-14-30(18-31)15-13-28(6)19(20(30)17-25)16-21(32)24-27(5)10-9-23(33)26(3,4)22(27)8-11-29(24,28)7/h9-10,16,18,20,22,24H,8,11-15,17H2,1-7H3/t20?,22-,24+,27-,28+,29+,30+/m0/s1. The third-order valence-corrected chi connectivity index (χ3v) is 12.0. The summed E-state index contributed by atoms with van der Waals surface area (Å²) in [5.74, 6) is 0.648. The van der Waals surface area contributed by atoms with Gasteiger partial charge in [0.1, 0.15) is 6.29 Å². The molecule has 5 aliphatic rings. The molecule has 0 heterocycles. The Balaban J connectivity index is 1.67. The molecule has 5 aliphatic carbocycles. The molecule has 0 aromatic rings. The predicted octanol–water partition coefficient (Wildman–Crippen LogP) is 6.51. The monoisotopic (exact) mass is 450 g/mol. The number of allylic oxidation sites excluding steroid dienone is 4. The zero-order valence-corrected chi connectivity index (χ0v) is 21.7. The van der Waals surface area contributed by atoms with E-state index in [9.17, 15) is 14.4 Å². The van der Waals surface area contributed by atoms with Gasteiger partial charge < -0.3 is 4.79 Å². The Morgan fingerprint density at radius 3 is 2.24 bits per heavy atom. The summed E-state index contributed by atoms with van der Waals surface area (Å²) in [4.78, 5) is 39.5. The molecule has 5 rings (SSSR count). The lowest BCUT2D eigenvalue weighted by atomic mass is 9.34. The number of rotatable bonds is 1. The molecule has 3 fully saturated rings. The summed E-state index contributed by atoms with van der Waals surface area (Å²) in [6.07, 6.45) is 14.0. The lowest BCUT2D eigenvalue weighted by molar-refractivity contribution is -0.170. The molecule has 0 bridgehead atoms. The third kappa shape index (κ3) is 2.71. The van der Waals surface area contributed by atoms with Gasteiger partial charge in [-0.1, -0.05) is 60.1 Å². The van der Waals surface area contributed by atoms with Crippen molar-refractivity contribution < 1.29 is 14.4 Å². The number of fused-ring (bicyclic) bond motifs is 7. The first-order valence-corrected chi connectivity index (χ1v) is 13.1. The van der Waals surface area contributed by atoms with E-state index in [2.05, 4.69) is 54.5 Å². The second-order valence-corrected chi connectivity index (χ2v) is 14.3. The molecule has 3 saturated carbocycles. The van der Waals surface area contributed by atoms with E-state index in [4.69, 9.17) is 0 Å². The highest BCUT2D eigenvalue weighted by Gasteiger charge is 2.69. The normalized spacial score (nSPS) is 49.8. The van der Waals surface area contributed by atoms with Gasteiger partial charge in [0.05, 0.1) is 0 Å². The van der Waals surface area contributed by atoms with E-state index in [1.165, 1.54) is 11.9 Å². The van der Waals surface area contributed by atoms with Crippen LogP contribution in [0, 0.1) is 50.2 Å². The Labute approximate surface area is 199 Å². The van der Waals surface area contributed by atoms with Gasteiger partial charge in [0, 0.05) is 22.2 Å². The van der Waals surface area contributed by atoms with Gasteiger partial charge in [0.15, 0.2) is 11.6 Å². The van der Waals surface area contributed by atoms with Crippen molar-refractivity contribution >= 4 is 17.9 Å². The largest absolute Gasteiger partial charge is 0.303 e. The first-order chi connectivity index (χ1) is 15.2. The maximum Gasteiger partial charge on any atom is 0.161 e. The molecule has 0 saturated heterocycles. The second kappa shape index (κ2) is 6.58. The smallest absolute Gasteiger partial charge is 0.161 e. The molecule has 0 radical (unpaired) electrons. The fraction of sp³-hybridized carbons (Fsp3) is 0.767. The second-order valence-electron chi connectivity index (χ2n) is 14.3. The van der Waals surface area contributed by atoms with Crippen molar-refractivity contribution in [3.63, 3.8) is 0 Å². The fourth-order valence-corrected chi connectivity index (χ4v) is 9.64. The van der Waals surface area contributed by atoms with E-state index in [1.807, 2.05) is 6.08 Å². The Morgan fingerprint density at radius 2 is 1.58 bits per heavy atom. The minimum atomic E-state index is -0.442. The fourth-order valence-electron chi connectivity index (χ4n) is 9.64. The van der Waals surface area contributed by atoms with Crippen molar-refractivity contribution in [1.29, 1.82) is 0 Å². The Kier molecular flexibility index (Phi) is 4.63. The summed E-state index contributed by atoms with van der Waals surface area (Å²) < 4.78 is 0. The van der Waals surface area contributed by atoms with E-state index in [-0.39, 0.29) is 56.4 Å². The van der Waals surface area contributed by atoms with Gasteiger partial charge in [0.2, 0.25) is 0 Å². The summed E-state index contributed by atoms with van der Waals surface area (Å²) in [7, 11) is 0. The minimum Gasteiger partial charge on any atom is -0.303 e. The van der Waals surface area contributed by atoms with Crippen molar-refractivity contribution in [2.45, 2.75) is 93.4 Å². The van der Waals surface area contributed by atoms with Gasteiger partial charge in [-0.3, -0.25) is 9.59 Å². The molecule has 0 aromatic carbocycles. The van der Waals surface area contributed by atoms with Crippen LogP contribution in [0.5, 0.6) is 0 Å². The van der Waals surface area contributed by atoms with Crippen LogP contribution in [0.15, 0.2) is 23.8 Å². The van der Waals surface area contributed by atoms with Crippen LogP contribution in [0.1, 0.15) is 93.4 Å². The summed E-state index contributed by atoms with van der Waals surface area (Å²) in [6.45, 7) is 15.8. The van der Waals surface area contributed by atoms with Gasteiger partial charge in [-0.05, 0) is 85.2 Å². The maximum atomic E-state index is 14.1. The van der Waals surface area contributed by atoms with Gasteiger partial charge in [-0.15, -0.1) is 0 Å². The molecule has 3 nitrogen and oxygen atoms in total. The molecule has 33 heavy (non-hydrogen) atoms. The van der Waals surface area contributed by atoms with Crippen LogP contribution >= 0.6 is 0 Å². The molecule has 180 valence electrons. The first-order valence-electron chi connectivity index (χ1n) is 13.1. The maximum absolute atomic E-state index is 14.1. The molecule has 3 heteroatoms. The van der Waals surface area contributed by atoms with E-state index in [0.29, 0.717) is 0 Å². The number of hydrogen-bond donors (Lipinski definition) is 0. The number of carbonyl (C=O) groups is 3. The number of aldehydes is 1. The topological polar surface area (TPSA) is 51.2 Å². The first kappa shape index (κ1) is 23.2. The molecule has 0 N–H and O–H groups in total. The molecule has 0 aliphatic heterocycles. The lowest BCUT2D eigenvalue weighted by Crippen LogP contribution is -2.65. The van der Waals surface area contributed by atoms with Crippen LogP contribution < -0.4 is 0 Å². The summed E-state index contributed by atoms with van der Waals surface area (Å²) in [5.41, 5.74) is 0.136. The van der Waals surface area contributed by atoms with Gasteiger partial charge in [-0.2, -0.15) is 0 Å². The van der Waals surface area contributed by atoms with Crippen LogP contribution in [-0.2, 0) is 14.4 Å². The number of ketones is 2. The molecule has 0 amide bonds. The van der Waals surface area contributed by atoms with Gasteiger partial charge in [0.25, 0.3) is 0 Å². The average molecular weight is 451 g/mol. The van der Waals surface area contributed by atoms with Crippen LogP contribution in [-0.4, -0.2) is 17.9 Å². The molecule has 1 unspecified atom stereocenters. The summed E-state index contributed by atoms with van der Waals surface area (Å²) in [5, 5.41) is 0. The predicted molar refractivity (Wildman–Crippen MR) is 130 cm³/mol. The minimum absolute atomic E-state index is 0.0937. The van der Waals surface area contributed by atoms with Crippen LogP contribution in [0.3, 0.4) is 0 Å². The van der Waals surface area contributed by atoms with Crippen molar-refractivity contribution in [1.82, 2.24) is 0 Å². The van der Waals surface area contributed by atoms with Crippen molar-refractivity contribution in [2.24, 2.45) is 50.2 Å². The van der Waals surface area contributed by atoms with Crippen LogP contribution in [0.4, 0.5) is 0 Å². The third-order valence-electron chi connectivity index (χ3n) is 12.0. The van der Waals surface area contributed by atoms with Crippen molar-refractivity contribution in [2.75, 3.05) is 0 Å². The highest BCUT2D eigenvalue weighted by molar-refractivity contribution is 5.99. The molecule has 0 aromatic heterocycles. The van der Waals surface area contributed by atoms with Gasteiger partial charge in [-0.25, -0.2) is 0 Å². The van der Waals surface area contributed by atoms with Crippen LogP contribution in [0.25, 0.3) is 0 Å². The molecular weight excluding hydrogens is 408 g/mol. The Hall–Kier alpha value is -1.51. The highest BCUT2D eigenvalue weighted by atomic mass is 16.1. The highest BCUT2D eigenvalue weighted by Crippen LogP contribution is 2.74. The van der Waals surface area contributed by atoms with E-state index < -0.39 is 5.41 Å². The van der Waals surface area contributed by atoms with Crippen LogP contribution in [0.2, 0.25) is 0 Å².